The lowest BCUT2D eigenvalue weighted by molar-refractivity contribution is -0.126. The van der Waals surface area contributed by atoms with Gasteiger partial charge in [-0.25, -0.2) is 13.4 Å². The van der Waals surface area contributed by atoms with Crippen LogP contribution in [0.1, 0.15) is 42.3 Å². The zero-order valence-corrected chi connectivity index (χ0v) is 29.9. The number of piperidine rings is 1. The zero-order chi connectivity index (χ0) is 35.8. The fourth-order valence-corrected chi connectivity index (χ4v) is 8.91. The van der Waals surface area contributed by atoms with E-state index >= 15 is 0 Å². The number of aromatic hydroxyl groups is 1. The second-order valence-corrected chi connectivity index (χ2v) is 16.2. The summed E-state index contributed by atoms with van der Waals surface area (Å²) in [5.41, 5.74) is 2.05. The molecule has 0 bridgehead atoms. The number of rotatable bonds is 11. The molecule has 2 aliphatic rings. The molecule has 0 saturated carbocycles. The van der Waals surface area contributed by atoms with E-state index in [4.69, 9.17) is 0 Å². The summed E-state index contributed by atoms with van der Waals surface area (Å²) >= 11 is 1.02. The van der Waals surface area contributed by atoms with E-state index in [9.17, 15) is 32.0 Å². The predicted molar refractivity (Wildman–Crippen MR) is 189 cm³/mol. The quantitative estimate of drug-likeness (QED) is 0.197. The molecule has 1 atom stereocenters. The Bertz CT molecular complexity index is 1990. The second kappa shape index (κ2) is 14.5. The highest BCUT2D eigenvalue weighted by Crippen LogP contribution is 2.35. The summed E-state index contributed by atoms with van der Waals surface area (Å²) in [6, 6.07) is 9.54. The van der Waals surface area contributed by atoms with Crippen LogP contribution in [0.4, 0.5) is 24.9 Å². The summed E-state index contributed by atoms with van der Waals surface area (Å²) in [7, 11) is -1.56. The number of phenols is 1. The van der Waals surface area contributed by atoms with Crippen LogP contribution >= 0.6 is 11.3 Å². The lowest BCUT2D eigenvalue weighted by Crippen LogP contribution is -2.52. The van der Waals surface area contributed by atoms with Crippen molar-refractivity contribution in [3.8, 4) is 11.8 Å². The SMILES string of the molecule is CC[C@@H](Cn1c(C#N)cc2cc(CN3CCC(Nc4nc(NC)nc5sc(CC(F)(F)F)cc45)CC3)c(O)cc21)N1CCN(S(C)(=O)=O)CC1. The Labute approximate surface area is 293 Å². The Kier molecular flexibility index (Phi) is 10.5. The molecule has 0 radical (unpaired) electrons. The first kappa shape index (κ1) is 36.1. The van der Waals surface area contributed by atoms with Crippen molar-refractivity contribution in [3.05, 3.63) is 40.4 Å². The molecule has 6 rings (SSSR count). The average Bonchev–Trinajstić information content (AvgIpc) is 3.62. The molecule has 12 nitrogen and oxygen atoms in total. The number of halogens is 3. The fraction of sp³-hybridized carbons (Fsp3) is 0.545. The van der Waals surface area contributed by atoms with Crippen molar-refractivity contribution in [3.63, 3.8) is 0 Å². The van der Waals surface area contributed by atoms with Crippen LogP contribution in [0.3, 0.4) is 0 Å². The molecule has 0 spiro atoms. The van der Waals surface area contributed by atoms with Crippen LogP contribution in [0.2, 0.25) is 0 Å². The number of thiophene rings is 1. The number of piperazine rings is 1. The minimum Gasteiger partial charge on any atom is -0.508 e. The van der Waals surface area contributed by atoms with Crippen LogP contribution in [-0.2, 0) is 29.5 Å². The largest absolute Gasteiger partial charge is 0.508 e. The van der Waals surface area contributed by atoms with Crippen LogP contribution < -0.4 is 10.6 Å². The Morgan fingerprint density at radius 1 is 1.10 bits per heavy atom. The highest BCUT2D eigenvalue weighted by atomic mass is 32.2. The molecule has 0 aliphatic carbocycles. The molecular weight excluding hydrogens is 692 g/mol. The van der Waals surface area contributed by atoms with E-state index in [1.165, 1.54) is 16.6 Å². The van der Waals surface area contributed by atoms with Crippen LogP contribution in [0.15, 0.2) is 24.3 Å². The maximum Gasteiger partial charge on any atom is 0.393 e. The van der Waals surface area contributed by atoms with E-state index in [1.54, 1.807) is 13.1 Å². The zero-order valence-electron chi connectivity index (χ0n) is 28.3. The normalized spacial score (nSPS) is 18.1. The Morgan fingerprint density at radius 3 is 2.44 bits per heavy atom. The molecule has 1 aromatic carbocycles. The third kappa shape index (κ3) is 8.10. The van der Waals surface area contributed by atoms with E-state index in [2.05, 4.69) is 43.4 Å². The van der Waals surface area contributed by atoms with Crippen LogP contribution in [-0.4, -0.2) is 113 Å². The molecule has 2 aliphatic heterocycles. The van der Waals surface area contributed by atoms with Crippen molar-refractivity contribution >= 4 is 54.2 Å². The van der Waals surface area contributed by atoms with Gasteiger partial charge < -0.3 is 20.3 Å². The third-order valence-electron chi connectivity index (χ3n) is 9.70. The number of aromatic nitrogens is 3. The summed E-state index contributed by atoms with van der Waals surface area (Å²) in [5, 5.41) is 29.0. The molecule has 2 fully saturated rings. The number of alkyl halides is 3. The van der Waals surface area contributed by atoms with Gasteiger partial charge in [0.1, 0.15) is 28.2 Å². The molecule has 0 amide bonds. The van der Waals surface area contributed by atoms with Gasteiger partial charge in [-0.05, 0) is 37.5 Å². The maximum atomic E-state index is 13.1. The lowest BCUT2D eigenvalue weighted by Gasteiger charge is -2.38. The summed E-state index contributed by atoms with van der Waals surface area (Å²) in [6.45, 7) is 6.74. The average molecular weight is 734 g/mol. The van der Waals surface area contributed by atoms with E-state index in [0.717, 1.165) is 60.2 Å². The molecule has 50 heavy (non-hydrogen) atoms. The van der Waals surface area contributed by atoms with Gasteiger partial charge in [0, 0.05) is 93.4 Å². The highest BCUT2D eigenvalue weighted by molar-refractivity contribution is 7.88. The standard InChI is InChI=1S/C33H42F3N9O3S2/c1-4-24(43-9-11-44(12-10-43)50(3,47)48)20-45-25(18-37)14-21-13-22(29(46)16-28(21)45)19-42-7-5-23(6-8-42)39-30-27-15-26(17-33(34,35)36)49-31(27)41-32(38-2)40-30/h13-16,23-24,46H,4-12,17,19-20H2,1-3H3,(H2,38,39,40,41)/t24-/m0/s1. The number of phenolic OH excluding ortho intramolecular Hbond substituents is 1. The molecule has 270 valence electrons. The van der Waals surface area contributed by atoms with Crippen LogP contribution in [0, 0.1) is 11.3 Å². The van der Waals surface area contributed by atoms with Gasteiger partial charge in [0.15, 0.2) is 0 Å². The molecule has 17 heteroatoms. The molecular formula is C33H42F3N9O3S2. The molecule has 3 N–H and O–H groups in total. The summed E-state index contributed by atoms with van der Waals surface area (Å²) in [5.74, 6) is 1.02. The first-order chi connectivity index (χ1) is 23.7. The van der Waals surface area contributed by atoms with Gasteiger partial charge in [0.05, 0.1) is 23.6 Å². The van der Waals surface area contributed by atoms with Crippen molar-refractivity contribution in [2.45, 2.75) is 64.0 Å². The van der Waals surface area contributed by atoms with E-state index in [0.29, 0.717) is 66.9 Å². The number of nitrogens with zero attached hydrogens (tertiary/aromatic N) is 7. The van der Waals surface area contributed by atoms with Crippen molar-refractivity contribution in [2.75, 3.05) is 63.2 Å². The van der Waals surface area contributed by atoms with Crippen molar-refractivity contribution in [1.29, 1.82) is 5.26 Å². The number of nitrogens with one attached hydrogen (secondary N) is 2. The predicted octanol–water partition coefficient (Wildman–Crippen LogP) is 4.80. The minimum atomic E-state index is -4.31. The Balaban J connectivity index is 1.11. The molecule has 0 unspecified atom stereocenters. The maximum absolute atomic E-state index is 13.1. The number of sulfonamides is 1. The number of fused-ring (bicyclic) bond motifs is 2. The Hall–Kier alpha value is -3.69. The van der Waals surface area contributed by atoms with Gasteiger partial charge >= 0.3 is 6.18 Å². The monoisotopic (exact) mass is 733 g/mol. The molecule has 5 heterocycles. The number of likely N-dealkylation sites (tertiary alicyclic amines) is 1. The van der Waals surface area contributed by atoms with Gasteiger partial charge in [0.2, 0.25) is 16.0 Å². The van der Waals surface area contributed by atoms with Gasteiger partial charge in [-0.3, -0.25) is 9.80 Å². The van der Waals surface area contributed by atoms with Gasteiger partial charge in [0.25, 0.3) is 0 Å². The number of anilines is 2. The lowest BCUT2D eigenvalue weighted by atomic mass is 10.0. The summed E-state index contributed by atoms with van der Waals surface area (Å²) in [6.07, 6.45) is -1.71. The first-order valence-corrected chi connectivity index (χ1v) is 19.4. The van der Waals surface area contributed by atoms with E-state index in [1.807, 2.05) is 16.7 Å². The first-order valence-electron chi connectivity index (χ1n) is 16.7. The minimum absolute atomic E-state index is 0.0594. The van der Waals surface area contributed by atoms with Gasteiger partial charge in [-0.1, -0.05) is 6.92 Å². The van der Waals surface area contributed by atoms with Gasteiger partial charge in [-0.2, -0.15) is 27.7 Å². The number of nitriles is 1. The second-order valence-electron chi connectivity index (χ2n) is 13.1. The summed E-state index contributed by atoms with van der Waals surface area (Å²) < 4.78 is 66.6. The fourth-order valence-electron chi connectivity index (χ4n) is 7.02. The number of benzene rings is 1. The summed E-state index contributed by atoms with van der Waals surface area (Å²) in [4.78, 5) is 14.1. The Morgan fingerprint density at radius 2 is 1.82 bits per heavy atom. The van der Waals surface area contributed by atoms with E-state index < -0.39 is 22.6 Å². The number of hydrogen-bond acceptors (Lipinski definition) is 11. The van der Waals surface area contributed by atoms with Crippen LogP contribution in [0.5, 0.6) is 5.75 Å². The molecule has 3 aromatic heterocycles. The number of hydrogen-bond donors (Lipinski definition) is 3. The van der Waals surface area contributed by atoms with Crippen molar-refractivity contribution in [2.24, 2.45) is 0 Å². The van der Waals surface area contributed by atoms with Crippen LogP contribution in [0.25, 0.3) is 21.1 Å². The van der Waals surface area contributed by atoms with E-state index in [-0.39, 0.29) is 22.7 Å². The molecule has 2 saturated heterocycles. The van der Waals surface area contributed by atoms with Crippen molar-refractivity contribution in [1.82, 2.24) is 28.6 Å². The topological polar surface area (TPSA) is 143 Å². The smallest absolute Gasteiger partial charge is 0.393 e. The highest BCUT2D eigenvalue weighted by Gasteiger charge is 2.30. The van der Waals surface area contributed by atoms with Crippen molar-refractivity contribution < 1.29 is 26.7 Å². The van der Waals surface area contributed by atoms with Gasteiger partial charge in [-0.15, -0.1) is 11.3 Å². The third-order valence-corrected chi connectivity index (χ3v) is 12.0. The molecule has 4 aromatic rings.